The highest BCUT2D eigenvalue weighted by molar-refractivity contribution is 5.72. The smallest absolute Gasteiger partial charge is 0.264 e. The van der Waals surface area contributed by atoms with Gasteiger partial charge in [-0.25, -0.2) is 0 Å². The van der Waals surface area contributed by atoms with E-state index in [9.17, 15) is 9.90 Å². The predicted molar refractivity (Wildman–Crippen MR) is 87.9 cm³/mol. The zero-order valence-electron chi connectivity index (χ0n) is 13.1. The van der Waals surface area contributed by atoms with Gasteiger partial charge in [-0.2, -0.15) is 10.1 Å². The first-order valence-corrected chi connectivity index (χ1v) is 7.13. The van der Waals surface area contributed by atoms with Gasteiger partial charge in [0.25, 0.3) is 5.56 Å². The molecule has 0 fully saturated rings. The number of aromatic nitrogens is 4. The van der Waals surface area contributed by atoms with Crippen LogP contribution in [0.4, 0.5) is 11.6 Å². The molecule has 3 aromatic rings. The molecular formula is C16H17N5O2. The number of nitrogens with one attached hydrogen (secondary N) is 2. The molecule has 0 atom stereocenters. The maximum Gasteiger partial charge on any atom is 0.264 e. The molecular weight excluding hydrogens is 294 g/mol. The van der Waals surface area contributed by atoms with Crippen molar-refractivity contribution in [2.75, 3.05) is 5.32 Å². The number of para-hydroxylation sites is 1. The molecule has 3 N–H and O–H groups in total. The van der Waals surface area contributed by atoms with Gasteiger partial charge < -0.3 is 10.4 Å². The molecule has 0 bridgehead atoms. The van der Waals surface area contributed by atoms with E-state index < -0.39 is 5.56 Å². The molecule has 2 aromatic heterocycles. The van der Waals surface area contributed by atoms with E-state index in [4.69, 9.17) is 0 Å². The second-order valence-electron chi connectivity index (χ2n) is 5.27. The average Bonchev–Trinajstić information content (AvgIpc) is 2.74. The third kappa shape index (κ3) is 2.68. The summed E-state index contributed by atoms with van der Waals surface area (Å²) >= 11 is 0. The summed E-state index contributed by atoms with van der Waals surface area (Å²) in [5.41, 5.74) is 2.52. The van der Waals surface area contributed by atoms with Gasteiger partial charge in [-0.15, -0.1) is 0 Å². The van der Waals surface area contributed by atoms with Crippen molar-refractivity contribution in [1.29, 1.82) is 0 Å². The van der Waals surface area contributed by atoms with Crippen molar-refractivity contribution in [2.45, 2.75) is 13.8 Å². The Labute approximate surface area is 132 Å². The molecule has 0 aliphatic rings. The Hall–Kier alpha value is -3.09. The van der Waals surface area contributed by atoms with Crippen molar-refractivity contribution in [1.82, 2.24) is 19.7 Å². The first-order chi connectivity index (χ1) is 11.0. The molecule has 0 saturated carbocycles. The fraction of sp³-hybridized carbons (Fsp3) is 0.188. The Morgan fingerprint density at radius 1 is 1.17 bits per heavy atom. The Kier molecular flexibility index (Phi) is 3.61. The topological polar surface area (TPSA) is 95.8 Å². The number of hydrogen-bond donors (Lipinski definition) is 3. The van der Waals surface area contributed by atoms with Gasteiger partial charge in [-0.1, -0.05) is 18.2 Å². The van der Waals surface area contributed by atoms with E-state index in [1.54, 1.807) is 18.7 Å². The van der Waals surface area contributed by atoms with E-state index in [-0.39, 0.29) is 17.4 Å². The van der Waals surface area contributed by atoms with Crippen molar-refractivity contribution in [3.63, 3.8) is 0 Å². The summed E-state index contributed by atoms with van der Waals surface area (Å²) in [4.78, 5) is 19.1. The number of H-pyrrole nitrogens is 1. The first-order valence-electron chi connectivity index (χ1n) is 7.13. The first kappa shape index (κ1) is 14.8. The summed E-state index contributed by atoms with van der Waals surface area (Å²) < 4.78 is 1.67. The Morgan fingerprint density at radius 3 is 2.43 bits per heavy atom. The zero-order chi connectivity index (χ0) is 16.6. The molecule has 0 radical (unpaired) electrons. The molecule has 1 aromatic carbocycles. The standard InChI is InChI=1S/C16H17N5O2/c1-9-12(10(2)21(3)20-9)13-14(22)18-16(19-15(13)23)17-11-7-5-4-6-8-11/h4-8H,1-3H3,(H3,17,18,19,22,23). The van der Waals surface area contributed by atoms with Crippen LogP contribution in [0, 0.1) is 13.8 Å². The average molecular weight is 311 g/mol. The molecule has 23 heavy (non-hydrogen) atoms. The van der Waals surface area contributed by atoms with E-state index in [1.165, 1.54) is 0 Å². The van der Waals surface area contributed by atoms with Crippen LogP contribution in [0.15, 0.2) is 35.1 Å². The van der Waals surface area contributed by atoms with Gasteiger partial charge in [0, 0.05) is 24.0 Å². The van der Waals surface area contributed by atoms with E-state index in [0.717, 1.165) is 11.4 Å². The summed E-state index contributed by atoms with van der Waals surface area (Å²) in [5, 5.41) is 17.5. The Morgan fingerprint density at radius 2 is 1.87 bits per heavy atom. The van der Waals surface area contributed by atoms with Gasteiger partial charge >= 0.3 is 0 Å². The quantitative estimate of drug-likeness (QED) is 0.689. The summed E-state index contributed by atoms with van der Waals surface area (Å²) in [5.74, 6) is -0.145. The second-order valence-corrected chi connectivity index (χ2v) is 5.27. The SMILES string of the molecule is Cc1nn(C)c(C)c1-c1c(O)nc(Nc2ccccc2)[nH]c1=O. The van der Waals surface area contributed by atoms with Crippen LogP contribution in [-0.4, -0.2) is 24.9 Å². The maximum atomic E-state index is 12.4. The van der Waals surface area contributed by atoms with Gasteiger partial charge in [-0.05, 0) is 26.0 Å². The number of anilines is 2. The van der Waals surface area contributed by atoms with Crippen molar-refractivity contribution in [3.8, 4) is 17.0 Å². The summed E-state index contributed by atoms with van der Waals surface area (Å²) in [7, 11) is 1.79. The van der Waals surface area contributed by atoms with Crippen molar-refractivity contribution in [2.24, 2.45) is 7.05 Å². The van der Waals surface area contributed by atoms with Crippen LogP contribution >= 0.6 is 0 Å². The number of hydrogen-bond acceptors (Lipinski definition) is 5. The Bertz CT molecular complexity index is 912. The molecule has 0 unspecified atom stereocenters. The van der Waals surface area contributed by atoms with Gasteiger partial charge in [0.2, 0.25) is 11.8 Å². The highest BCUT2D eigenvalue weighted by Crippen LogP contribution is 2.29. The molecule has 3 rings (SSSR count). The third-order valence-electron chi connectivity index (χ3n) is 3.70. The highest BCUT2D eigenvalue weighted by Gasteiger charge is 2.20. The number of aromatic hydroxyl groups is 1. The lowest BCUT2D eigenvalue weighted by molar-refractivity contribution is 0.454. The fourth-order valence-electron chi connectivity index (χ4n) is 2.54. The normalized spacial score (nSPS) is 10.7. The van der Waals surface area contributed by atoms with Crippen LogP contribution in [-0.2, 0) is 7.05 Å². The van der Waals surface area contributed by atoms with Crippen molar-refractivity contribution < 1.29 is 5.11 Å². The minimum Gasteiger partial charge on any atom is -0.493 e. The van der Waals surface area contributed by atoms with E-state index in [0.29, 0.717) is 11.3 Å². The Balaban J connectivity index is 2.06. The summed E-state index contributed by atoms with van der Waals surface area (Å²) in [6.07, 6.45) is 0. The fourth-order valence-corrected chi connectivity index (χ4v) is 2.54. The van der Waals surface area contributed by atoms with E-state index in [1.807, 2.05) is 37.3 Å². The van der Waals surface area contributed by atoms with Crippen LogP contribution in [0.25, 0.3) is 11.1 Å². The molecule has 0 saturated heterocycles. The van der Waals surface area contributed by atoms with E-state index in [2.05, 4.69) is 20.4 Å². The van der Waals surface area contributed by atoms with Crippen LogP contribution in [0.2, 0.25) is 0 Å². The molecule has 0 aliphatic heterocycles. The van der Waals surface area contributed by atoms with Crippen LogP contribution in [0.5, 0.6) is 5.88 Å². The largest absolute Gasteiger partial charge is 0.493 e. The maximum absolute atomic E-state index is 12.4. The van der Waals surface area contributed by atoms with Crippen LogP contribution < -0.4 is 10.9 Å². The van der Waals surface area contributed by atoms with Gasteiger partial charge in [-0.3, -0.25) is 14.5 Å². The van der Waals surface area contributed by atoms with Gasteiger partial charge in [0.1, 0.15) is 5.56 Å². The lowest BCUT2D eigenvalue weighted by atomic mass is 10.1. The monoisotopic (exact) mass is 311 g/mol. The number of nitrogens with zero attached hydrogens (tertiary/aromatic N) is 3. The molecule has 118 valence electrons. The molecule has 7 nitrogen and oxygen atoms in total. The van der Waals surface area contributed by atoms with Crippen LogP contribution in [0.1, 0.15) is 11.4 Å². The van der Waals surface area contributed by atoms with Gasteiger partial charge in [0.05, 0.1) is 5.69 Å². The van der Waals surface area contributed by atoms with Crippen molar-refractivity contribution >= 4 is 11.6 Å². The third-order valence-corrected chi connectivity index (χ3v) is 3.70. The molecule has 0 aliphatic carbocycles. The summed E-state index contributed by atoms with van der Waals surface area (Å²) in [6, 6.07) is 9.27. The molecule has 2 heterocycles. The van der Waals surface area contributed by atoms with Crippen LogP contribution in [0.3, 0.4) is 0 Å². The van der Waals surface area contributed by atoms with E-state index >= 15 is 0 Å². The molecule has 7 heteroatoms. The minimum atomic E-state index is -0.421. The summed E-state index contributed by atoms with van der Waals surface area (Å²) in [6.45, 7) is 3.63. The van der Waals surface area contributed by atoms with Crippen molar-refractivity contribution in [3.05, 3.63) is 52.1 Å². The minimum absolute atomic E-state index is 0.131. The number of rotatable bonds is 3. The zero-order valence-corrected chi connectivity index (χ0v) is 13.1. The lowest BCUT2D eigenvalue weighted by Crippen LogP contribution is -2.14. The lowest BCUT2D eigenvalue weighted by Gasteiger charge is -2.08. The predicted octanol–water partition coefficient (Wildman–Crippen LogP) is 2.24. The number of aryl methyl sites for hydroxylation is 2. The molecule has 0 amide bonds. The second kappa shape index (κ2) is 5.60. The number of benzene rings is 1. The molecule has 0 spiro atoms. The van der Waals surface area contributed by atoms with Gasteiger partial charge in [0.15, 0.2) is 0 Å². The highest BCUT2D eigenvalue weighted by atomic mass is 16.3. The number of aromatic amines is 1.